The zero-order valence-corrected chi connectivity index (χ0v) is 19.1. The monoisotopic (exact) mass is 424 g/mol. The summed E-state index contributed by atoms with van der Waals surface area (Å²) in [5.74, 6) is 0.658. The van der Waals surface area contributed by atoms with Gasteiger partial charge in [-0.15, -0.1) is 0 Å². The van der Waals surface area contributed by atoms with Gasteiger partial charge in [0.25, 0.3) is 5.91 Å². The van der Waals surface area contributed by atoms with Gasteiger partial charge in [-0.05, 0) is 43.9 Å². The van der Waals surface area contributed by atoms with Crippen LogP contribution >= 0.6 is 0 Å². The average molecular weight is 425 g/mol. The molecule has 0 atom stereocenters. The summed E-state index contributed by atoms with van der Waals surface area (Å²) < 4.78 is 33.3. The van der Waals surface area contributed by atoms with Crippen LogP contribution in [0.4, 0.5) is 0 Å². The third-order valence-corrected chi connectivity index (χ3v) is 7.80. The molecule has 7 heteroatoms. The second kappa shape index (κ2) is 11.0. The van der Waals surface area contributed by atoms with Gasteiger partial charge in [0.15, 0.2) is 0 Å². The Hall–Kier alpha value is -1.60. The van der Waals surface area contributed by atoms with Gasteiger partial charge in [-0.25, -0.2) is 8.42 Å². The molecule has 0 spiro atoms. The maximum Gasteiger partial charge on any atom is 0.257 e. The zero-order valence-electron chi connectivity index (χ0n) is 18.3. The van der Waals surface area contributed by atoms with Crippen molar-refractivity contribution in [3.05, 3.63) is 23.8 Å². The number of amides is 1. The van der Waals surface area contributed by atoms with Crippen molar-refractivity contribution in [1.29, 1.82) is 0 Å². The zero-order chi connectivity index (χ0) is 21.4. The Bertz CT molecular complexity index is 767. The normalized spacial score (nSPS) is 15.9. The second-order valence-electron chi connectivity index (χ2n) is 7.71. The topological polar surface area (TPSA) is 66.9 Å². The highest BCUT2D eigenvalue weighted by molar-refractivity contribution is 7.89. The molecule has 1 heterocycles. The fraction of sp³-hybridized carbons (Fsp3) is 0.682. The molecule has 164 valence electrons. The molecule has 1 saturated heterocycles. The Kier molecular flexibility index (Phi) is 8.96. The minimum atomic E-state index is -3.62. The Labute approximate surface area is 176 Å². The van der Waals surface area contributed by atoms with Crippen LogP contribution in [0.3, 0.4) is 0 Å². The number of carbonyl (C=O) groups excluding carboxylic acids is 1. The predicted molar refractivity (Wildman–Crippen MR) is 116 cm³/mol. The van der Waals surface area contributed by atoms with Crippen molar-refractivity contribution in [2.45, 2.75) is 64.2 Å². The standard InChI is InChI=1S/C22H36N2O4S/c1-5-18(6-2)17-23(7-3)22(25)20-16-19(12-13-21(20)28-4)29(26,27)24-14-10-8-9-11-15-24/h12-13,16,18H,5-11,14-15,17H2,1-4H3. The van der Waals surface area contributed by atoms with E-state index in [0.29, 0.717) is 43.4 Å². The quantitative estimate of drug-likeness (QED) is 0.597. The summed E-state index contributed by atoms with van der Waals surface area (Å²) >= 11 is 0. The number of methoxy groups -OCH3 is 1. The lowest BCUT2D eigenvalue weighted by atomic mass is 10.0. The lowest BCUT2D eigenvalue weighted by Gasteiger charge is -2.26. The first kappa shape index (κ1) is 23.7. The van der Waals surface area contributed by atoms with Crippen LogP contribution in [-0.4, -0.2) is 56.8 Å². The van der Waals surface area contributed by atoms with E-state index < -0.39 is 10.0 Å². The molecule has 0 aromatic heterocycles. The number of carbonyl (C=O) groups is 1. The van der Waals surface area contributed by atoms with E-state index >= 15 is 0 Å². The third kappa shape index (κ3) is 5.72. The van der Waals surface area contributed by atoms with Crippen LogP contribution in [0.5, 0.6) is 5.75 Å². The summed E-state index contributed by atoms with van der Waals surface area (Å²) in [7, 11) is -2.12. The first-order chi connectivity index (χ1) is 13.9. The smallest absolute Gasteiger partial charge is 0.257 e. The Balaban J connectivity index is 2.37. The van der Waals surface area contributed by atoms with E-state index in [1.807, 2.05) is 6.92 Å². The maximum absolute atomic E-state index is 13.3. The van der Waals surface area contributed by atoms with Crippen molar-refractivity contribution in [1.82, 2.24) is 9.21 Å². The molecule has 1 aromatic carbocycles. The Morgan fingerprint density at radius 1 is 1.10 bits per heavy atom. The number of benzene rings is 1. The van der Waals surface area contributed by atoms with E-state index in [4.69, 9.17) is 4.74 Å². The number of hydrogen-bond donors (Lipinski definition) is 0. The maximum atomic E-state index is 13.3. The van der Waals surface area contributed by atoms with E-state index in [0.717, 1.165) is 38.5 Å². The van der Waals surface area contributed by atoms with Crippen LogP contribution in [-0.2, 0) is 10.0 Å². The van der Waals surface area contributed by atoms with Gasteiger partial charge in [-0.3, -0.25) is 4.79 Å². The second-order valence-corrected chi connectivity index (χ2v) is 9.64. The fourth-order valence-electron chi connectivity index (χ4n) is 3.83. The summed E-state index contributed by atoms with van der Waals surface area (Å²) in [6.45, 7) is 8.50. The molecule has 0 aliphatic carbocycles. The van der Waals surface area contributed by atoms with Crippen molar-refractivity contribution in [2.75, 3.05) is 33.3 Å². The average Bonchev–Trinajstić information content (AvgIpc) is 3.04. The molecule has 0 bridgehead atoms. The van der Waals surface area contributed by atoms with Gasteiger partial charge in [0, 0.05) is 26.2 Å². The first-order valence-electron chi connectivity index (χ1n) is 10.9. The molecule has 2 rings (SSSR count). The summed E-state index contributed by atoms with van der Waals surface area (Å²) in [6, 6.07) is 4.65. The summed E-state index contributed by atoms with van der Waals surface area (Å²) in [5, 5.41) is 0. The first-order valence-corrected chi connectivity index (χ1v) is 12.3. The third-order valence-electron chi connectivity index (χ3n) is 5.91. The van der Waals surface area contributed by atoms with E-state index in [9.17, 15) is 13.2 Å². The molecule has 29 heavy (non-hydrogen) atoms. The number of nitrogens with zero attached hydrogens (tertiary/aromatic N) is 2. The molecular formula is C22H36N2O4S. The fourth-order valence-corrected chi connectivity index (χ4v) is 5.37. The van der Waals surface area contributed by atoms with Gasteiger partial charge in [0.05, 0.1) is 17.6 Å². The van der Waals surface area contributed by atoms with Crippen molar-refractivity contribution < 1.29 is 17.9 Å². The number of rotatable bonds is 9. The lowest BCUT2D eigenvalue weighted by molar-refractivity contribution is 0.0731. The minimum absolute atomic E-state index is 0.169. The van der Waals surface area contributed by atoms with E-state index in [1.165, 1.54) is 13.2 Å². The number of ether oxygens (including phenoxy) is 1. The highest BCUT2D eigenvalue weighted by Gasteiger charge is 2.28. The van der Waals surface area contributed by atoms with Gasteiger partial charge >= 0.3 is 0 Å². The summed E-state index contributed by atoms with van der Waals surface area (Å²) in [4.78, 5) is 15.2. The Morgan fingerprint density at radius 2 is 1.72 bits per heavy atom. The van der Waals surface area contributed by atoms with Crippen LogP contribution in [0, 0.1) is 5.92 Å². The molecule has 0 saturated carbocycles. The van der Waals surface area contributed by atoms with Crippen LogP contribution in [0.2, 0.25) is 0 Å². The van der Waals surface area contributed by atoms with Gasteiger partial charge < -0.3 is 9.64 Å². The van der Waals surface area contributed by atoms with Gasteiger partial charge in [-0.1, -0.05) is 39.5 Å². The highest BCUT2D eigenvalue weighted by Crippen LogP contribution is 2.27. The van der Waals surface area contributed by atoms with Crippen molar-refractivity contribution >= 4 is 15.9 Å². The van der Waals surface area contributed by atoms with E-state index in [1.54, 1.807) is 21.3 Å². The van der Waals surface area contributed by atoms with Gasteiger partial charge in [0.1, 0.15) is 5.75 Å². The molecular weight excluding hydrogens is 388 g/mol. The van der Waals surface area contributed by atoms with Crippen LogP contribution in [0.25, 0.3) is 0 Å². The summed E-state index contributed by atoms with van der Waals surface area (Å²) in [5.41, 5.74) is 0.316. The molecule has 1 aliphatic heterocycles. The Morgan fingerprint density at radius 3 is 2.24 bits per heavy atom. The molecule has 6 nitrogen and oxygen atoms in total. The van der Waals surface area contributed by atoms with Crippen molar-refractivity contribution in [3.63, 3.8) is 0 Å². The molecule has 0 N–H and O–H groups in total. The molecule has 1 amide bonds. The van der Waals surface area contributed by atoms with Crippen LogP contribution in [0.1, 0.15) is 69.7 Å². The lowest BCUT2D eigenvalue weighted by Crippen LogP contribution is -2.36. The molecule has 0 radical (unpaired) electrons. The SMILES string of the molecule is CCC(CC)CN(CC)C(=O)c1cc(S(=O)(=O)N2CCCCCC2)ccc1OC. The van der Waals surface area contributed by atoms with E-state index in [2.05, 4.69) is 13.8 Å². The largest absolute Gasteiger partial charge is 0.496 e. The highest BCUT2D eigenvalue weighted by atomic mass is 32.2. The van der Waals surface area contributed by atoms with Crippen molar-refractivity contribution in [2.24, 2.45) is 5.92 Å². The number of hydrogen-bond acceptors (Lipinski definition) is 4. The molecule has 1 aliphatic rings. The number of sulfonamides is 1. The van der Waals surface area contributed by atoms with Gasteiger partial charge in [0.2, 0.25) is 10.0 Å². The minimum Gasteiger partial charge on any atom is -0.496 e. The molecule has 1 aromatic rings. The van der Waals surface area contributed by atoms with Gasteiger partial charge in [-0.2, -0.15) is 4.31 Å². The predicted octanol–water partition coefficient (Wildman–Crippen LogP) is 4.16. The molecule has 0 unspecified atom stereocenters. The van der Waals surface area contributed by atoms with Crippen LogP contribution in [0.15, 0.2) is 23.1 Å². The summed E-state index contributed by atoms with van der Waals surface area (Å²) in [6.07, 6.45) is 5.86. The van der Waals surface area contributed by atoms with Crippen LogP contribution < -0.4 is 4.74 Å². The van der Waals surface area contributed by atoms with E-state index in [-0.39, 0.29) is 10.8 Å². The molecule has 1 fully saturated rings. The van der Waals surface area contributed by atoms with Crippen molar-refractivity contribution in [3.8, 4) is 5.75 Å².